The van der Waals surface area contributed by atoms with Gasteiger partial charge in [-0.2, -0.15) is 15.5 Å². The number of anilines is 1. The molecule has 0 spiro atoms. The van der Waals surface area contributed by atoms with E-state index in [-0.39, 0.29) is 0 Å². The zero-order chi connectivity index (χ0) is 22.2. The van der Waals surface area contributed by atoms with Crippen LogP contribution in [-0.4, -0.2) is 44.4 Å². The largest absolute Gasteiger partial charge is 0.398 e. The van der Waals surface area contributed by atoms with Crippen molar-refractivity contribution in [2.45, 2.75) is 28.7 Å². The highest BCUT2D eigenvalue weighted by molar-refractivity contribution is 7.99. The van der Waals surface area contributed by atoms with E-state index in [0.717, 1.165) is 52.4 Å². The van der Waals surface area contributed by atoms with Crippen molar-refractivity contribution < 1.29 is 0 Å². The van der Waals surface area contributed by atoms with E-state index in [0.29, 0.717) is 22.4 Å². The molecule has 3 aromatic heterocycles. The second-order valence-electron chi connectivity index (χ2n) is 8.02. The Morgan fingerprint density at radius 3 is 2.69 bits per heavy atom. The Morgan fingerprint density at radius 2 is 1.94 bits per heavy atom. The number of fused-ring (bicyclic) bond motifs is 1. The average Bonchev–Trinajstić information content (AvgIpc) is 3.39. The number of para-hydroxylation sites is 1. The van der Waals surface area contributed by atoms with E-state index in [1.807, 2.05) is 47.4 Å². The summed E-state index contributed by atoms with van der Waals surface area (Å²) in [6, 6.07) is 12.3. The van der Waals surface area contributed by atoms with E-state index in [4.69, 9.17) is 17.3 Å². The van der Waals surface area contributed by atoms with E-state index in [1.165, 1.54) is 11.8 Å². The fraction of sp³-hybridized carbons (Fsp3) is 0.261. The van der Waals surface area contributed by atoms with Crippen LogP contribution in [0.4, 0.5) is 5.69 Å². The molecule has 162 valence electrons. The molecule has 9 heteroatoms. The molecule has 0 bridgehead atoms. The maximum absolute atomic E-state index is 9.59. The zero-order valence-corrected chi connectivity index (χ0v) is 19.1. The third-order valence-corrected chi connectivity index (χ3v) is 7.42. The number of nitrogens with zero attached hydrogens (tertiary/aromatic N) is 6. The second-order valence-corrected chi connectivity index (χ2v) is 9.47. The number of piperidine rings is 1. The Labute approximate surface area is 195 Å². The first-order valence-corrected chi connectivity index (χ1v) is 11.6. The maximum Gasteiger partial charge on any atom is 0.135 e. The number of aromatic nitrogens is 4. The molecule has 1 aliphatic heterocycles. The highest BCUT2D eigenvalue weighted by Gasteiger charge is 2.23. The normalized spacial score (nSPS) is 15.3. The van der Waals surface area contributed by atoms with Crippen molar-refractivity contribution in [1.29, 1.82) is 5.26 Å². The molecule has 0 aliphatic carbocycles. The highest BCUT2D eigenvalue weighted by atomic mass is 35.5. The summed E-state index contributed by atoms with van der Waals surface area (Å²) >= 11 is 8.34. The summed E-state index contributed by atoms with van der Waals surface area (Å²) in [5.74, 6) is 0. The third kappa shape index (κ3) is 3.73. The monoisotopic (exact) mass is 463 g/mol. The van der Waals surface area contributed by atoms with Crippen molar-refractivity contribution in [2.75, 3.05) is 25.9 Å². The number of nitriles is 1. The molecule has 0 amide bonds. The minimum atomic E-state index is 0.295. The van der Waals surface area contributed by atoms with Crippen molar-refractivity contribution >= 4 is 34.6 Å². The summed E-state index contributed by atoms with van der Waals surface area (Å²) in [6.07, 6.45) is 7.35. The number of hydrogen-bond acceptors (Lipinski definition) is 6. The number of hydrogen-bond donors (Lipinski definition) is 1. The molecule has 0 atom stereocenters. The molecule has 1 aromatic carbocycles. The third-order valence-electron chi connectivity index (χ3n) is 5.92. The van der Waals surface area contributed by atoms with Crippen molar-refractivity contribution in [1.82, 2.24) is 24.3 Å². The number of likely N-dealkylation sites (tertiary alicyclic amines) is 1. The molecular weight excluding hydrogens is 442 g/mol. The lowest BCUT2D eigenvalue weighted by molar-refractivity contribution is 0.212. The maximum atomic E-state index is 9.59. The van der Waals surface area contributed by atoms with Crippen molar-refractivity contribution in [3.63, 3.8) is 0 Å². The minimum absolute atomic E-state index is 0.295. The summed E-state index contributed by atoms with van der Waals surface area (Å²) < 4.78 is 3.68. The van der Waals surface area contributed by atoms with Gasteiger partial charge in [0.2, 0.25) is 0 Å². The molecule has 2 N–H and O–H groups in total. The molecule has 0 radical (unpaired) electrons. The quantitative estimate of drug-likeness (QED) is 0.440. The lowest BCUT2D eigenvalue weighted by atomic mass is 10.1. The first-order valence-electron chi connectivity index (χ1n) is 10.4. The van der Waals surface area contributed by atoms with Gasteiger partial charge in [0.15, 0.2) is 0 Å². The lowest BCUT2D eigenvalue weighted by Gasteiger charge is -2.29. The van der Waals surface area contributed by atoms with Gasteiger partial charge in [-0.15, -0.1) is 0 Å². The molecular formula is C23H22ClN7S. The van der Waals surface area contributed by atoms with E-state index in [1.54, 1.807) is 10.7 Å². The summed E-state index contributed by atoms with van der Waals surface area (Å²) in [5.41, 5.74) is 9.88. The number of pyridine rings is 1. The van der Waals surface area contributed by atoms with Crippen LogP contribution in [0.15, 0.2) is 58.7 Å². The molecule has 1 fully saturated rings. The molecule has 1 saturated heterocycles. The summed E-state index contributed by atoms with van der Waals surface area (Å²) in [6.45, 7) is 2.07. The van der Waals surface area contributed by atoms with Crippen LogP contribution in [0.3, 0.4) is 0 Å². The standard InChI is InChI=1S/C23H22ClN7S/c1-29-8-6-17(7-9-29)31-23(24)18(13-28-31)15-10-21(32-20-5-3-2-4-19(20)26)22-16(11-25)12-27-30(22)14-15/h2-5,10,12-14,17H,6-9,26H2,1H3. The van der Waals surface area contributed by atoms with Gasteiger partial charge in [0.05, 0.1) is 29.5 Å². The van der Waals surface area contributed by atoms with Crippen molar-refractivity contribution in [3.05, 3.63) is 59.6 Å². The van der Waals surface area contributed by atoms with E-state index >= 15 is 0 Å². The van der Waals surface area contributed by atoms with Gasteiger partial charge in [-0.3, -0.25) is 4.68 Å². The van der Waals surface area contributed by atoms with Gasteiger partial charge < -0.3 is 10.6 Å². The number of rotatable bonds is 4. The summed E-state index contributed by atoms with van der Waals surface area (Å²) in [7, 11) is 2.14. The molecule has 7 nitrogen and oxygen atoms in total. The van der Waals surface area contributed by atoms with Crippen molar-refractivity contribution in [2.24, 2.45) is 0 Å². The van der Waals surface area contributed by atoms with E-state index < -0.39 is 0 Å². The molecule has 5 rings (SSSR count). The van der Waals surface area contributed by atoms with Gasteiger partial charge in [0, 0.05) is 32.8 Å². The zero-order valence-electron chi connectivity index (χ0n) is 17.6. The molecule has 32 heavy (non-hydrogen) atoms. The Balaban J connectivity index is 1.59. The van der Waals surface area contributed by atoms with Crippen LogP contribution in [0.5, 0.6) is 0 Å². The predicted molar refractivity (Wildman–Crippen MR) is 127 cm³/mol. The fourth-order valence-electron chi connectivity index (χ4n) is 4.12. The van der Waals surface area contributed by atoms with E-state index in [2.05, 4.69) is 28.2 Å². The first-order chi connectivity index (χ1) is 15.5. The molecule has 1 aliphatic rings. The van der Waals surface area contributed by atoms with Crippen LogP contribution < -0.4 is 5.73 Å². The van der Waals surface area contributed by atoms with Crippen LogP contribution >= 0.6 is 23.4 Å². The van der Waals surface area contributed by atoms with Crippen LogP contribution in [-0.2, 0) is 0 Å². The Kier molecular flexibility index (Phi) is 5.55. The van der Waals surface area contributed by atoms with Gasteiger partial charge in [-0.05, 0) is 51.2 Å². The Hall–Kier alpha value is -2.99. The predicted octanol–water partition coefficient (Wildman–Crippen LogP) is 4.72. The molecule has 4 aromatic rings. The summed E-state index contributed by atoms with van der Waals surface area (Å²) in [4.78, 5) is 4.13. The van der Waals surface area contributed by atoms with Crippen LogP contribution in [0.1, 0.15) is 24.4 Å². The number of nitrogen functional groups attached to an aromatic ring is 1. The van der Waals surface area contributed by atoms with Gasteiger partial charge >= 0.3 is 0 Å². The number of benzene rings is 1. The van der Waals surface area contributed by atoms with Gasteiger partial charge in [0.1, 0.15) is 11.2 Å². The molecule has 4 heterocycles. The van der Waals surface area contributed by atoms with Crippen molar-refractivity contribution in [3.8, 4) is 17.2 Å². The van der Waals surface area contributed by atoms with Gasteiger partial charge in [-0.1, -0.05) is 35.5 Å². The van der Waals surface area contributed by atoms with Crippen LogP contribution in [0, 0.1) is 11.3 Å². The van der Waals surface area contributed by atoms with Gasteiger partial charge in [-0.25, -0.2) is 4.52 Å². The first kappa shape index (κ1) is 20.9. The Morgan fingerprint density at radius 1 is 1.16 bits per heavy atom. The molecule has 0 unspecified atom stereocenters. The topological polar surface area (TPSA) is 88.2 Å². The Bertz CT molecular complexity index is 1330. The van der Waals surface area contributed by atoms with E-state index in [9.17, 15) is 5.26 Å². The fourth-order valence-corrected chi connectivity index (χ4v) is 5.51. The number of nitrogens with two attached hydrogens (primary N) is 1. The average molecular weight is 464 g/mol. The summed E-state index contributed by atoms with van der Waals surface area (Å²) in [5, 5.41) is 19.3. The SMILES string of the molecule is CN1CCC(n2ncc(-c3cc(Sc4ccccc4N)c4c(C#N)cnn4c3)c2Cl)CC1. The molecule has 0 saturated carbocycles. The number of halogens is 1. The highest BCUT2D eigenvalue weighted by Crippen LogP contribution is 2.39. The van der Waals surface area contributed by atoms with Crippen LogP contribution in [0.2, 0.25) is 5.15 Å². The minimum Gasteiger partial charge on any atom is -0.398 e. The van der Waals surface area contributed by atoms with Gasteiger partial charge in [0.25, 0.3) is 0 Å². The smallest absolute Gasteiger partial charge is 0.135 e. The lowest BCUT2D eigenvalue weighted by Crippen LogP contribution is -2.31. The van der Waals surface area contributed by atoms with Crippen LogP contribution in [0.25, 0.3) is 16.6 Å². The second kappa shape index (κ2) is 8.51.